The fourth-order valence-electron chi connectivity index (χ4n) is 1.08. The second-order valence-electron chi connectivity index (χ2n) is 5.78. The van der Waals surface area contributed by atoms with Crippen LogP contribution in [0.4, 0.5) is 0 Å². The lowest BCUT2D eigenvalue weighted by Crippen LogP contribution is -3.00. The molecule has 0 bridgehead atoms. The van der Waals surface area contributed by atoms with Crippen LogP contribution in [0, 0.1) is 0 Å². The standard InChI is InChI=1S/C11H24ClN2O.ClH/c1-11(2,13-12)8-6-10(15)7-9-14(3,4)5;/h13H,6-9H2,1-5H3;1H/q+1;/p-1. The maximum absolute atomic E-state index is 11.6. The summed E-state index contributed by atoms with van der Waals surface area (Å²) in [7, 11) is 6.28. The number of carbonyl (C=O) groups excluding carboxylic acids is 1. The minimum Gasteiger partial charge on any atom is -1.00 e. The maximum Gasteiger partial charge on any atom is 0.138 e. The highest BCUT2D eigenvalue weighted by molar-refractivity contribution is 6.13. The molecule has 0 radical (unpaired) electrons. The highest BCUT2D eigenvalue weighted by Gasteiger charge is 2.18. The van der Waals surface area contributed by atoms with Crippen molar-refractivity contribution in [3.05, 3.63) is 0 Å². The Bertz CT molecular complexity index is 213. The summed E-state index contributed by atoms with van der Waals surface area (Å²) in [5.41, 5.74) is -0.159. The molecule has 3 nitrogen and oxygen atoms in total. The van der Waals surface area contributed by atoms with Crippen LogP contribution in [-0.2, 0) is 4.79 Å². The fraction of sp³-hybridized carbons (Fsp3) is 0.909. The lowest BCUT2D eigenvalue weighted by atomic mass is 9.97. The molecule has 5 heteroatoms. The largest absolute Gasteiger partial charge is 1.00 e. The molecule has 0 spiro atoms. The van der Waals surface area contributed by atoms with Gasteiger partial charge in [0.15, 0.2) is 0 Å². The number of Topliss-reactive ketones (excluding diaryl/α,β-unsaturated/α-hetero) is 1. The maximum atomic E-state index is 11.6. The van der Waals surface area contributed by atoms with E-state index in [-0.39, 0.29) is 17.9 Å². The van der Waals surface area contributed by atoms with Crippen molar-refractivity contribution < 1.29 is 21.7 Å². The van der Waals surface area contributed by atoms with E-state index in [0.29, 0.717) is 18.6 Å². The van der Waals surface area contributed by atoms with Gasteiger partial charge < -0.3 is 16.9 Å². The minimum absolute atomic E-state index is 0. The molecule has 0 rings (SSSR count). The van der Waals surface area contributed by atoms with Crippen molar-refractivity contribution in [3.63, 3.8) is 0 Å². The molecule has 0 heterocycles. The van der Waals surface area contributed by atoms with Gasteiger partial charge in [0.2, 0.25) is 0 Å². The number of hydrogen-bond donors (Lipinski definition) is 1. The Balaban J connectivity index is 0. The summed E-state index contributed by atoms with van der Waals surface area (Å²) >= 11 is 5.56. The Morgan fingerprint density at radius 1 is 1.25 bits per heavy atom. The second-order valence-corrected chi connectivity index (χ2v) is 5.97. The molecule has 1 N–H and O–H groups in total. The first-order valence-electron chi connectivity index (χ1n) is 5.36. The highest BCUT2D eigenvalue weighted by atomic mass is 35.5. The van der Waals surface area contributed by atoms with E-state index in [2.05, 4.69) is 26.0 Å². The fourth-order valence-corrected chi connectivity index (χ4v) is 1.18. The summed E-state index contributed by atoms with van der Waals surface area (Å²) < 4.78 is 0.836. The molecule has 0 aromatic carbocycles. The molecule has 0 aliphatic rings. The summed E-state index contributed by atoms with van der Waals surface area (Å²) in [4.78, 5) is 14.3. The lowest BCUT2D eigenvalue weighted by molar-refractivity contribution is -0.869. The number of quaternary nitrogens is 1. The summed E-state index contributed by atoms with van der Waals surface area (Å²) in [6, 6.07) is 0. The average molecular weight is 271 g/mol. The van der Waals surface area contributed by atoms with Gasteiger partial charge in [-0.2, -0.15) is 0 Å². The zero-order valence-corrected chi connectivity index (χ0v) is 12.5. The number of nitrogens with one attached hydrogen (secondary N) is 1. The topological polar surface area (TPSA) is 29.1 Å². The molecule has 0 aromatic heterocycles. The SMILES string of the molecule is CC(C)(CCC(=O)CC[N+](C)(C)C)NCl.[Cl-]. The minimum atomic E-state index is -0.159. The third kappa shape index (κ3) is 10.7. The zero-order chi connectivity index (χ0) is 12.1. The van der Waals surface area contributed by atoms with E-state index in [1.807, 2.05) is 13.8 Å². The van der Waals surface area contributed by atoms with Gasteiger partial charge in [-0.3, -0.25) is 4.79 Å². The Hall–Kier alpha value is 0.170. The van der Waals surface area contributed by atoms with Gasteiger partial charge >= 0.3 is 0 Å². The number of nitrogens with zero attached hydrogens (tertiary/aromatic N) is 1. The summed E-state index contributed by atoms with van der Waals surface area (Å²) in [6.07, 6.45) is 2.04. The Morgan fingerprint density at radius 3 is 2.12 bits per heavy atom. The van der Waals surface area contributed by atoms with Crippen molar-refractivity contribution in [1.82, 2.24) is 4.84 Å². The second kappa shape index (κ2) is 7.49. The average Bonchev–Trinajstić information content (AvgIpc) is 2.10. The molecule has 0 fully saturated rings. The molecule has 16 heavy (non-hydrogen) atoms. The molecule has 0 amide bonds. The van der Waals surface area contributed by atoms with E-state index in [4.69, 9.17) is 11.8 Å². The molecule has 0 unspecified atom stereocenters. The first-order valence-corrected chi connectivity index (χ1v) is 5.74. The molecule has 0 atom stereocenters. The summed E-state index contributed by atoms with van der Waals surface area (Å²) in [6.45, 7) is 4.88. The quantitative estimate of drug-likeness (QED) is 0.473. The van der Waals surface area contributed by atoms with Gasteiger partial charge in [-0.05, 0) is 32.0 Å². The van der Waals surface area contributed by atoms with Crippen molar-refractivity contribution in [2.45, 2.75) is 38.6 Å². The molecular weight excluding hydrogens is 247 g/mol. The van der Waals surface area contributed by atoms with Crippen molar-refractivity contribution in [1.29, 1.82) is 0 Å². The molecule has 0 aromatic rings. The van der Waals surface area contributed by atoms with Gasteiger partial charge in [0.05, 0.1) is 34.1 Å². The van der Waals surface area contributed by atoms with E-state index in [9.17, 15) is 4.79 Å². The van der Waals surface area contributed by atoms with Crippen LogP contribution >= 0.6 is 11.8 Å². The monoisotopic (exact) mass is 270 g/mol. The normalized spacial score (nSPS) is 12.1. The van der Waals surface area contributed by atoms with Crippen molar-refractivity contribution in [2.75, 3.05) is 27.7 Å². The predicted octanol–water partition coefficient (Wildman–Crippen LogP) is -1.04. The van der Waals surface area contributed by atoms with Gasteiger partial charge in [0, 0.05) is 12.0 Å². The van der Waals surface area contributed by atoms with E-state index in [0.717, 1.165) is 17.4 Å². The van der Waals surface area contributed by atoms with Crippen LogP contribution in [0.25, 0.3) is 0 Å². The van der Waals surface area contributed by atoms with E-state index < -0.39 is 0 Å². The van der Waals surface area contributed by atoms with E-state index in [1.54, 1.807) is 0 Å². The molecule has 98 valence electrons. The van der Waals surface area contributed by atoms with Gasteiger partial charge in [-0.1, -0.05) is 0 Å². The molecule has 0 aliphatic heterocycles. The summed E-state index contributed by atoms with van der Waals surface area (Å²) in [5.74, 6) is 0.322. The van der Waals surface area contributed by atoms with E-state index in [1.165, 1.54) is 0 Å². The highest BCUT2D eigenvalue weighted by Crippen LogP contribution is 2.13. The van der Waals surface area contributed by atoms with Crippen LogP contribution in [0.2, 0.25) is 0 Å². The zero-order valence-electron chi connectivity index (χ0n) is 10.9. The number of halogens is 2. The van der Waals surface area contributed by atoms with Crippen LogP contribution in [0.3, 0.4) is 0 Å². The first kappa shape index (κ1) is 18.5. The number of hydrogen-bond acceptors (Lipinski definition) is 2. The summed E-state index contributed by atoms with van der Waals surface area (Å²) in [5, 5.41) is 0. The molecule has 0 saturated heterocycles. The van der Waals surface area contributed by atoms with Crippen LogP contribution in [0.1, 0.15) is 33.1 Å². The van der Waals surface area contributed by atoms with Crippen LogP contribution in [0.5, 0.6) is 0 Å². The van der Waals surface area contributed by atoms with Crippen molar-refractivity contribution in [3.8, 4) is 0 Å². The van der Waals surface area contributed by atoms with Gasteiger partial charge in [0.25, 0.3) is 0 Å². The number of rotatable bonds is 7. The van der Waals surface area contributed by atoms with Crippen LogP contribution in [-0.4, -0.2) is 43.5 Å². The van der Waals surface area contributed by atoms with Gasteiger partial charge in [-0.25, -0.2) is 4.84 Å². The van der Waals surface area contributed by atoms with Gasteiger partial charge in [0.1, 0.15) is 5.78 Å². The number of carbonyl (C=O) groups is 1. The number of ketones is 1. The Kier molecular flexibility index (Phi) is 8.67. The van der Waals surface area contributed by atoms with Crippen molar-refractivity contribution in [2.24, 2.45) is 0 Å². The Labute approximate surface area is 111 Å². The van der Waals surface area contributed by atoms with Crippen molar-refractivity contribution >= 4 is 17.6 Å². The molecular formula is C11H24Cl2N2O. The lowest BCUT2D eigenvalue weighted by Gasteiger charge is -2.24. The van der Waals surface area contributed by atoms with Crippen LogP contribution in [0.15, 0.2) is 0 Å². The van der Waals surface area contributed by atoms with E-state index >= 15 is 0 Å². The molecule has 0 aliphatic carbocycles. The van der Waals surface area contributed by atoms with Crippen LogP contribution < -0.4 is 17.2 Å². The smallest absolute Gasteiger partial charge is 0.138 e. The first-order chi connectivity index (χ1) is 6.66. The molecule has 0 saturated carbocycles. The Morgan fingerprint density at radius 2 is 1.75 bits per heavy atom. The van der Waals surface area contributed by atoms with Gasteiger partial charge in [-0.15, -0.1) is 0 Å². The third-order valence-corrected chi connectivity index (χ3v) is 2.86. The predicted molar refractivity (Wildman–Crippen MR) is 64.8 cm³/mol. The third-order valence-electron chi connectivity index (χ3n) is 2.35.